The van der Waals surface area contributed by atoms with Crippen LogP contribution >= 0.6 is 0 Å². The van der Waals surface area contributed by atoms with Crippen LogP contribution in [0.2, 0.25) is 0 Å². The Morgan fingerprint density at radius 2 is 1.73 bits per heavy atom. The molecule has 0 amide bonds. The van der Waals surface area contributed by atoms with Crippen molar-refractivity contribution >= 4 is 10.0 Å². The predicted molar refractivity (Wildman–Crippen MR) is 100.0 cm³/mol. The van der Waals surface area contributed by atoms with Gasteiger partial charge in [-0.3, -0.25) is 0 Å². The summed E-state index contributed by atoms with van der Waals surface area (Å²) < 4.78 is 32.6. The first-order valence-electron chi connectivity index (χ1n) is 8.34. The Kier molecular flexibility index (Phi) is 5.49. The Morgan fingerprint density at radius 1 is 1.00 bits per heavy atom. The van der Waals surface area contributed by atoms with Gasteiger partial charge in [0.15, 0.2) is 0 Å². The van der Waals surface area contributed by atoms with E-state index in [1.54, 1.807) is 0 Å². The normalized spacial score (nSPS) is 11.6. The van der Waals surface area contributed by atoms with E-state index in [-0.39, 0.29) is 12.3 Å². The van der Waals surface area contributed by atoms with Crippen molar-refractivity contribution in [3.05, 3.63) is 71.1 Å². The maximum Gasteiger partial charge on any atom is 0.247 e. The second kappa shape index (κ2) is 7.80. The lowest BCUT2D eigenvalue weighted by atomic mass is 10.1. The fourth-order valence-corrected chi connectivity index (χ4v) is 3.76. The number of benzene rings is 2. The van der Waals surface area contributed by atoms with E-state index >= 15 is 0 Å². The van der Waals surface area contributed by atoms with Crippen LogP contribution in [-0.4, -0.2) is 25.2 Å². The molecule has 2 aromatic carbocycles. The summed E-state index contributed by atoms with van der Waals surface area (Å²) in [5, 5.41) is 8.00. The fourth-order valence-electron chi connectivity index (χ4n) is 2.51. The summed E-state index contributed by atoms with van der Waals surface area (Å²) in [5.74, 6) is 0.792. The Hall–Kier alpha value is -2.51. The molecule has 3 aromatic rings. The Morgan fingerprint density at radius 3 is 2.46 bits per heavy atom. The third-order valence-electron chi connectivity index (χ3n) is 4.03. The zero-order valence-electron chi connectivity index (χ0n) is 14.8. The van der Waals surface area contributed by atoms with Crippen LogP contribution < -0.4 is 4.72 Å². The van der Waals surface area contributed by atoms with Crippen LogP contribution in [0.4, 0.5) is 0 Å². The van der Waals surface area contributed by atoms with Crippen molar-refractivity contribution in [2.75, 3.05) is 6.54 Å². The molecule has 1 aromatic heterocycles. The van der Waals surface area contributed by atoms with E-state index in [9.17, 15) is 8.42 Å². The monoisotopic (exact) mass is 371 g/mol. The highest BCUT2D eigenvalue weighted by Gasteiger charge is 2.14. The van der Waals surface area contributed by atoms with Crippen LogP contribution in [-0.2, 0) is 22.2 Å². The molecule has 0 radical (unpaired) electrons. The first kappa shape index (κ1) is 18.3. The van der Waals surface area contributed by atoms with Gasteiger partial charge in [0.05, 0.1) is 5.75 Å². The summed E-state index contributed by atoms with van der Waals surface area (Å²) in [4.78, 5) is 0. The van der Waals surface area contributed by atoms with Crippen LogP contribution in [0.25, 0.3) is 11.5 Å². The van der Waals surface area contributed by atoms with Crippen molar-refractivity contribution in [2.45, 2.75) is 26.0 Å². The maximum atomic E-state index is 12.2. The highest BCUT2D eigenvalue weighted by molar-refractivity contribution is 7.88. The van der Waals surface area contributed by atoms with Crippen LogP contribution in [0, 0.1) is 13.8 Å². The van der Waals surface area contributed by atoms with E-state index in [0.29, 0.717) is 18.2 Å². The van der Waals surface area contributed by atoms with Gasteiger partial charge in [0.25, 0.3) is 0 Å². The molecular formula is C19H21N3O3S. The van der Waals surface area contributed by atoms with Gasteiger partial charge in [-0.05, 0) is 37.1 Å². The van der Waals surface area contributed by atoms with Crippen molar-refractivity contribution in [1.29, 1.82) is 0 Å². The summed E-state index contributed by atoms with van der Waals surface area (Å²) in [6, 6.07) is 15.2. The van der Waals surface area contributed by atoms with E-state index in [1.165, 1.54) is 0 Å². The van der Waals surface area contributed by atoms with E-state index in [2.05, 4.69) is 14.9 Å². The molecule has 1 N–H and O–H groups in total. The van der Waals surface area contributed by atoms with Crippen LogP contribution in [0.3, 0.4) is 0 Å². The molecule has 3 rings (SSSR count). The average molecular weight is 371 g/mol. The molecule has 0 saturated heterocycles. The van der Waals surface area contributed by atoms with Crippen molar-refractivity contribution in [3.63, 3.8) is 0 Å². The summed E-state index contributed by atoms with van der Waals surface area (Å²) >= 11 is 0. The van der Waals surface area contributed by atoms with Crippen molar-refractivity contribution in [1.82, 2.24) is 14.9 Å². The molecule has 6 nitrogen and oxygen atoms in total. The summed E-state index contributed by atoms with van der Waals surface area (Å²) in [6.45, 7) is 4.12. The van der Waals surface area contributed by atoms with E-state index in [0.717, 1.165) is 22.3 Å². The third-order valence-corrected chi connectivity index (χ3v) is 5.37. The number of rotatable bonds is 7. The lowest BCUT2D eigenvalue weighted by Gasteiger charge is -2.07. The zero-order valence-corrected chi connectivity index (χ0v) is 15.6. The van der Waals surface area contributed by atoms with Crippen molar-refractivity contribution < 1.29 is 12.8 Å². The molecule has 0 saturated carbocycles. The molecule has 1 heterocycles. The standard InChI is InChI=1S/C19H21N3O3S/c1-14-7-9-16(10-8-14)19-22-21-18(25-19)11-12-20-26(23,24)13-17-6-4-3-5-15(17)2/h3-10,20H,11-13H2,1-2H3. The number of hydrogen-bond acceptors (Lipinski definition) is 5. The average Bonchev–Trinajstić information content (AvgIpc) is 3.06. The third kappa shape index (κ3) is 4.77. The molecular weight excluding hydrogens is 350 g/mol. The highest BCUT2D eigenvalue weighted by atomic mass is 32.2. The number of hydrogen-bond donors (Lipinski definition) is 1. The predicted octanol–water partition coefficient (Wildman–Crippen LogP) is 3.02. The smallest absolute Gasteiger partial charge is 0.247 e. The Labute approximate surface area is 153 Å². The molecule has 0 unspecified atom stereocenters. The molecule has 0 fully saturated rings. The number of sulfonamides is 1. The molecule has 0 aliphatic carbocycles. The molecule has 0 aliphatic heterocycles. The minimum Gasteiger partial charge on any atom is -0.421 e. The second-order valence-corrected chi connectivity index (χ2v) is 8.00. The fraction of sp³-hybridized carbons (Fsp3) is 0.263. The number of aromatic nitrogens is 2. The van der Waals surface area contributed by atoms with Gasteiger partial charge in [-0.1, -0.05) is 42.0 Å². The quantitative estimate of drug-likeness (QED) is 0.690. The highest BCUT2D eigenvalue weighted by Crippen LogP contribution is 2.18. The summed E-state index contributed by atoms with van der Waals surface area (Å²) in [5.41, 5.74) is 3.74. The summed E-state index contributed by atoms with van der Waals surface area (Å²) in [7, 11) is -3.42. The van der Waals surface area contributed by atoms with E-state index in [4.69, 9.17) is 4.42 Å². The molecule has 136 valence electrons. The van der Waals surface area contributed by atoms with Crippen molar-refractivity contribution in [2.24, 2.45) is 0 Å². The van der Waals surface area contributed by atoms with E-state index < -0.39 is 10.0 Å². The molecule has 7 heteroatoms. The molecule has 0 spiro atoms. The molecule has 0 aliphatic rings. The number of aryl methyl sites for hydroxylation is 2. The van der Waals surface area contributed by atoms with Gasteiger partial charge in [-0.25, -0.2) is 13.1 Å². The van der Waals surface area contributed by atoms with Crippen LogP contribution in [0.15, 0.2) is 52.9 Å². The lowest BCUT2D eigenvalue weighted by Crippen LogP contribution is -2.27. The summed E-state index contributed by atoms with van der Waals surface area (Å²) in [6.07, 6.45) is 0.339. The Balaban J connectivity index is 1.56. The minimum absolute atomic E-state index is 0.0435. The largest absolute Gasteiger partial charge is 0.421 e. The number of nitrogens with zero attached hydrogens (tertiary/aromatic N) is 2. The Bertz CT molecular complexity index is 979. The lowest BCUT2D eigenvalue weighted by molar-refractivity contribution is 0.502. The van der Waals surface area contributed by atoms with Crippen LogP contribution in [0.5, 0.6) is 0 Å². The van der Waals surface area contributed by atoms with Crippen molar-refractivity contribution in [3.8, 4) is 11.5 Å². The van der Waals surface area contributed by atoms with Crippen LogP contribution in [0.1, 0.15) is 22.6 Å². The van der Waals surface area contributed by atoms with E-state index in [1.807, 2.05) is 62.4 Å². The second-order valence-electron chi connectivity index (χ2n) is 6.20. The molecule has 26 heavy (non-hydrogen) atoms. The minimum atomic E-state index is -3.42. The molecule has 0 bridgehead atoms. The van der Waals surface area contributed by atoms with Gasteiger partial charge >= 0.3 is 0 Å². The van der Waals surface area contributed by atoms with Gasteiger partial charge in [0, 0.05) is 18.5 Å². The van der Waals surface area contributed by atoms with Gasteiger partial charge in [-0.15, -0.1) is 10.2 Å². The molecule has 0 atom stereocenters. The zero-order chi connectivity index (χ0) is 18.6. The topological polar surface area (TPSA) is 85.1 Å². The maximum absolute atomic E-state index is 12.2. The van der Waals surface area contributed by atoms with Gasteiger partial charge < -0.3 is 4.42 Å². The first-order chi connectivity index (χ1) is 12.4. The number of nitrogens with one attached hydrogen (secondary N) is 1. The SMILES string of the molecule is Cc1ccc(-c2nnc(CCNS(=O)(=O)Cc3ccccc3C)o2)cc1. The van der Waals surface area contributed by atoms with Gasteiger partial charge in [-0.2, -0.15) is 0 Å². The van der Waals surface area contributed by atoms with Gasteiger partial charge in [0.2, 0.25) is 21.8 Å². The van der Waals surface area contributed by atoms with Gasteiger partial charge in [0.1, 0.15) is 0 Å². The first-order valence-corrected chi connectivity index (χ1v) is 9.99.